The summed E-state index contributed by atoms with van der Waals surface area (Å²) in [5.41, 5.74) is 0. The van der Waals surface area contributed by atoms with E-state index in [1.54, 1.807) is 0 Å². The maximum atomic E-state index is 3.78. The van der Waals surface area contributed by atoms with Gasteiger partial charge in [0.2, 0.25) is 0 Å². The maximum Gasteiger partial charge on any atom is 0.0209 e. The molecule has 3 rings (SSSR count). The number of likely N-dealkylation sites (tertiary alicyclic amines) is 1. The fourth-order valence-electron chi connectivity index (χ4n) is 3.48. The summed E-state index contributed by atoms with van der Waals surface area (Å²) in [5.74, 6) is 0.949. The predicted molar refractivity (Wildman–Crippen MR) is 62.9 cm³/mol. The predicted octanol–water partition coefficient (Wildman–Crippen LogP) is 2.00. The van der Waals surface area contributed by atoms with Crippen molar-refractivity contribution in [2.75, 3.05) is 13.1 Å². The van der Waals surface area contributed by atoms with Crippen LogP contribution in [0.5, 0.6) is 0 Å². The molecule has 0 aromatic heterocycles. The molecule has 15 heavy (non-hydrogen) atoms. The zero-order valence-electron chi connectivity index (χ0n) is 9.91. The van der Waals surface area contributed by atoms with E-state index in [9.17, 15) is 0 Å². The highest BCUT2D eigenvalue weighted by Gasteiger charge is 2.35. The molecule has 2 heteroatoms. The van der Waals surface area contributed by atoms with Crippen LogP contribution in [0.3, 0.4) is 0 Å². The third-order valence-electron chi connectivity index (χ3n) is 4.55. The lowest BCUT2D eigenvalue weighted by molar-refractivity contribution is 0.201. The van der Waals surface area contributed by atoms with Gasteiger partial charge in [-0.1, -0.05) is 13.3 Å². The van der Waals surface area contributed by atoms with Crippen LogP contribution >= 0.6 is 0 Å². The Hall–Kier alpha value is -0.0800. The quantitative estimate of drug-likeness (QED) is 0.763. The van der Waals surface area contributed by atoms with Crippen molar-refractivity contribution in [2.24, 2.45) is 5.92 Å². The molecule has 0 radical (unpaired) electrons. The van der Waals surface area contributed by atoms with E-state index in [1.807, 2.05) is 0 Å². The van der Waals surface area contributed by atoms with Crippen molar-refractivity contribution < 1.29 is 0 Å². The van der Waals surface area contributed by atoms with E-state index in [-0.39, 0.29) is 0 Å². The molecule has 2 saturated carbocycles. The van der Waals surface area contributed by atoms with Crippen molar-refractivity contribution >= 4 is 0 Å². The van der Waals surface area contributed by atoms with E-state index in [4.69, 9.17) is 0 Å². The summed E-state index contributed by atoms with van der Waals surface area (Å²) in [6.45, 7) is 5.12. The molecule has 2 aliphatic carbocycles. The first-order valence-electron chi connectivity index (χ1n) is 6.83. The van der Waals surface area contributed by atoms with Crippen LogP contribution in [0.1, 0.15) is 45.4 Å². The second-order valence-electron chi connectivity index (χ2n) is 5.90. The summed E-state index contributed by atoms with van der Waals surface area (Å²) in [7, 11) is 0. The number of hydrogen-bond donors (Lipinski definition) is 1. The van der Waals surface area contributed by atoms with Crippen molar-refractivity contribution in [2.45, 2.75) is 63.6 Å². The van der Waals surface area contributed by atoms with Crippen LogP contribution in [0.15, 0.2) is 0 Å². The van der Waals surface area contributed by atoms with Gasteiger partial charge in [0.1, 0.15) is 0 Å². The Bertz CT molecular complexity index is 225. The molecule has 2 nitrogen and oxygen atoms in total. The van der Waals surface area contributed by atoms with Crippen molar-refractivity contribution in [3.63, 3.8) is 0 Å². The molecule has 1 aliphatic heterocycles. The topological polar surface area (TPSA) is 15.3 Å². The first-order chi connectivity index (χ1) is 7.33. The minimum Gasteiger partial charge on any atom is -0.310 e. The maximum absolute atomic E-state index is 3.78. The van der Waals surface area contributed by atoms with Gasteiger partial charge < -0.3 is 5.32 Å². The van der Waals surface area contributed by atoms with E-state index in [0.717, 1.165) is 24.0 Å². The number of nitrogens with zero attached hydrogens (tertiary/aromatic N) is 1. The Morgan fingerprint density at radius 3 is 2.53 bits per heavy atom. The van der Waals surface area contributed by atoms with Crippen LogP contribution in [-0.2, 0) is 0 Å². The molecule has 86 valence electrons. The van der Waals surface area contributed by atoms with Gasteiger partial charge in [-0.15, -0.1) is 0 Å². The molecule has 0 bridgehead atoms. The monoisotopic (exact) mass is 208 g/mol. The highest BCUT2D eigenvalue weighted by Crippen LogP contribution is 2.32. The number of hydrogen-bond acceptors (Lipinski definition) is 2. The Morgan fingerprint density at radius 1 is 1.00 bits per heavy atom. The van der Waals surface area contributed by atoms with Gasteiger partial charge in [-0.05, 0) is 38.0 Å². The lowest BCUT2D eigenvalue weighted by Crippen LogP contribution is -2.39. The van der Waals surface area contributed by atoms with Gasteiger partial charge in [0, 0.05) is 31.2 Å². The molecule has 3 aliphatic rings. The molecule has 1 heterocycles. The van der Waals surface area contributed by atoms with Gasteiger partial charge in [-0.25, -0.2) is 0 Å². The third-order valence-corrected chi connectivity index (χ3v) is 4.55. The minimum atomic E-state index is 0.810. The Balaban J connectivity index is 1.51. The van der Waals surface area contributed by atoms with E-state index in [0.29, 0.717) is 0 Å². The van der Waals surface area contributed by atoms with Crippen molar-refractivity contribution in [1.29, 1.82) is 0 Å². The van der Waals surface area contributed by atoms with Gasteiger partial charge in [0.15, 0.2) is 0 Å². The summed E-state index contributed by atoms with van der Waals surface area (Å²) >= 11 is 0. The summed E-state index contributed by atoms with van der Waals surface area (Å²) in [6, 6.07) is 2.61. The van der Waals surface area contributed by atoms with Gasteiger partial charge in [-0.3, -0.25) is 4.90 Å². The molecule has 0 aromatic rings. The van der Waals surface area contributed by atoms with Gasteiger partial charge in [-0.2, -0.15) is 0 Å². The SMILES string of the molecule is CC1CCCC1N1CCC(NC2CC2)C1. The first-order valence-corrected chi connectivity index (χ1v) is 6.83. The van der Waals surface area contributed by atoms with Gasteiger partial charge in [0.25, 0.3) is 0 Å². The summed E-state index contributed by atoms with van der Waals surface area (Å²) < 4.78 is 0. The van der Waals surface area contributed by atoms with E-state index < -0.39 is 0 Å². The molecule has 0 aromatic carbocycles. The Morgan fingerprint density at radius 2 is 1.87 bits per heavy atom. The highest BCUT2D eigenvalue weighted by atomic mass is 15.2. The molecular formula is C13H24N2. The van der Waals surface area contributed by atoms with Crippen LogP contribution in [0.2, 0.25) is 0 Å². The van der Waals surface area contributed by atoms with Crippen LogP contribution in [0.25, 0.3) is 0 Å². The highest BCUT2D eigenvalue weighted by molar-refractivity contribution is 4.93. The first kappa shape index (κ1) is 10.1. The lowest BCUT2D eigenvalue weighted by atomic mass is 10.1. The lowest BCUT2D eigenvalue weighted by Gasteiger charge is -2.27. The summed E-state index contributed by atoms with van der Waals surface area (Å²) in [4.78, 5) is 2.76. The normalized spacial score (nSPS) is 42.6. The van der Waals surface area contributed by atoms with Crippen molar-refractivity contribution in [1.82, 2.24) is 10.2 Å². The number of rotatable bonds is 3. The molecule has 3 unspecified atom stereocenters. The third kappa shape index (κ3) is 2.21. The zero-order valence-corrected chi connectivity index (χ0v) is 9.91. The molecule has 0 amide bonds. The fourth-order valence-corrected chi connectivity index (χ4v) is 3.48. The van der Waals surface area contributed by atoms with Crippen LogP contribution < -0.4 is 5.32 Å². The number of nitrogens with one attached hydrogen (secondary N) is 1. The summed E-state index contributed by atoms with van der Waals surface area (Å²) in [6.07, 6.45) is 8.62. The van der Waals surface area contributed by atoms with Crippen LogP contribution in [0.4, 0.5) is 0 Å². The van der Waals surface area contributed by atoms with E-state index >= 15 is 0 Å². The molecular weight excluding hydrogens is 184 g/mol. The second-order valence-corrected chi connectivity index (χ2v) is 5.90. The minimum absolute atomic E-state index is 0.810. The van der Waals surface area contributed by atoms with Gasteiger partial charge in [0.05, 0.1) is 0 Å². The molecule has 3 atom stereocenters. The van der Waals surface area contributed by atoms with Crippen LogP contribution in [0, 0.1) is 5.92 Å². The van der Waals surface area contributed by atoms with Crippen LogP contribution in [-0.4, -0.2) is 36.1 Å². The average Bonchev–Trinajstić information content (AvgIpc) is 2.74. The molecule has 3 fully saturated rings. The molecule has 0 spiro atoms. The Labute approximate surface area is 93.4 Å². The largest absolute Gasteiger partial charge is 0.310 e. The molecule has 1 saturated heterocycles. The Kier molecular flexibility index (Phi) is 2.73. The second kappa shape index (κ2) is 4.06. The van der Waals surface area contributed by atoms with Crippen molar-refractivity contribution in [3.8, 4) is 0 Å². The van der Waals surface area contributed by atoms with E-state index in [1.165, 1.54) is 51.6 Å². The summed E-state index contributed by atoms with van der Waals surface area (Å²) in [5, 5.41) is 3.78. The standard InChI is InChI=1S/C13H24N2/c1-10-3-2-4-13(10)15-8-7-12(9-15)14-11-5-6-11/h10-14H,2-9H2,1H3. The molecule has 1 N–H and O–H groups in total. The van der Waals surface area contributed by atoms with Crippen molar-refractivity contribution in [3.05, 3.63) is 0 Å². The smallest absolute Gasteiger partial charge is 0.0209 e. The fraction of sp³-hybridized carbons (Fsp3) is 1.00. The zero-order chi connectivity index (χ0) is 10.3. The average molecular weight is 208 g/mol. The van der Waals surface area contributed by atoms with E-state index in [2.05, 4.69) is 17.1 Å². The van der Waals surface area contributed by atoms with Gasteiger partial charge >= 0.3 is 0 Å².